The number of hydrogen-bond acceptors (Lipinski definition) is 8. The number of nitro groups is 1. The number of rotatable bonds is 6. The number of nitrogens with two attached hydrogens (primary N) is 1. The van der Waals surface area contributed by atoms with Crippen LogP contribution < -0.4 is 16.0 Å². The minimum absolute atomic E-state index is 0.00695. The average molecular weight is 291 g/mol. The first kappa shape index (κ1) is 14.6. The number of hydrazine groups is 1. The van der Waals surface area contributed by atoms with E-state index in [0.29, 0.717) is 12.2 Å². The number of ether oxygens (including phenoxy) is 1. The predicted octanol–water partition coefficient (Wildman–Crippen LogP) is 0.997. The van der Waals surface area contributed by atoms with Gasteiger partial charge in [-0.3, -0.25) is 15.5 Å². The van der Waals surface area contributed by atoms with Gasteiger partial charge in [-0.05, 0) is 24.1 Å². The van der Waals surface area contributed by atoms with Crippen molar-refractivity contribution in [2.75, 3.05) is 12.0 Å². The van der Waals surface area contributed by atoms with Gasteiger partial charge in [0.15, 0.2) is 0 Å². The van der Waals surface area contributed by atoms with Crippen molar-refractivity contribution in [2.24, 2.45) is 5.84 Å². The number of aliphatic hydroxyl groups is 1. The van der Waals surface area contributed by atoms with E-state index in [1.807, 2.05) is 0 Å². The van der Waals surface area contributed by atoms with Gasteiger partial charge in [-0.15, -0.1) is 0 Å². The molecule has 1 aromatic carbocycles. The molecule has 9 nitrogen and oxygen atoms in total. The summed E-state index contributed by atoms with van der Waals surface area (Å²) in [5.41, 5.74) is 2.75. The van der Waals surface area contributed by atoms with Crippen LogP contribution >= 0.6 is 0 Å². The molecule has 4 N–H and O–H groups in total. The highest BCUT2D eigenvalue weighted by atomic mass is 16.6. The molecule has 1 aromatic heterocycles. The number of benzene rings is 1. The van der Waals surface area contributed by atoms with Crippen LogP contribution in [-0.4, -0.2) is 26.6 Å². The number of nitrogen functional groups attached to an aromatic ring is 1. The van der Waals surface area contributed by atoms with Crippen LogP contribution in [0.3, 0.4) is 0 Å². The summed E-state index contributed by atoms with van der Waals surface area (Å²) in [7, 11) is 0. The summed E-state index contributed by atoms with van der Waals surface area (Å²) in [4.78, 5) is 17.8. The number of anilines is 1. The molecule has 110 valence electrons. The fourth-order valence-electron chi connectivity index (χ4n) is 1.59. The van der Waals surface area contributed by atoms with E-state index < -0.39 is 4.92 Å². The van der Waals surface area contributed by atoms with Crippen molar-refractivity contribution in [2.45, 2.75) is 6.42 Å². The topological polar surface area (TPSA) is 136 Å². The Kier molecular flexibility index (Phi) is 4.59. The van der Waals surface area contributed by atoms with Gasteiger partial charge in [-0.25, -0.2) is 10.8 Å². The van der Waals surface area contributed by atoms with Crippen LogP contribution in [0.5, 0.6) is 11.6 Å². The van der Waals surface area contributed by atoms with E-state index in [-0.39, 0.29) is 24.1 Å². The van der Waals surface area contributed by atoms with Crippen LogP contribution in [0.4, 0.5) is 11.6 Å². The fraction of sp³-hybridized carbons (Fsp3) is 0.167. The molecular formula is C12H13N5O4. The minimum Gasteiger partial charge on any atom is -0.434 e. The molecule has 0 spiro atoms. The van der Waals surface area contributed by atoms with E-state index in [9.17, 15) is 10.1 Å². The molecule has 0 aliphatic heterocycles. The first-order valence-electron chi connectivity index (χ1n) is 5.99. The van der Waals surface area contributed by atoms with Crippen LogP contribution in [0.1, 0.15) is 5.56 Å². The molecule has 0 radical (unpaired) electrons. The Bertz CT molecular complexity index is 632. The number of hydrogen-bond donors (Lipinski definition) is 3. The zero-order valence-electron chi connectivity index (χ0n) is 10.9. The second-order valence-corrected chi connectivity index (χ2v) is 4.01. The van der Waals surface area contributed by atoms with Gasteiger partial charge >= 0.3 is 11.6 Å². The van der Waals surface area contributed by atoms with Crippen molar-refractivity contribution in [3.8, 4) is 11.6 Å². The SMILES string of the molecule is NNc1ncc([N+](=O)[O-])c(Oc2ccc(CCO)cc2)n1. The standard InChI is InChI=1S/C12H13N5O4/c13-16-12-14-7-10(17(19)20)11(15-12)21-9-3-1-8(2-4-9)5-6-18/h1-4,7,18H,5-6,13H2,(H,14,15,16). The molecule has 0 amide bonds. The Morgan fingerprint density at radius 3 is 2.67 bits per heavy atom. The Morgan fingerprint density at radius 1 is 1.38 bits per heavy atom. The van der Waals surface area contributed by atoms with Crippen molar-refractivity contribution >= 4 is 11.6 Å². The number of aromatic nitrogens is 2. The lowest BCUT2D eigenvalue weighted by molar-refractivity contribution is -0.386. The summed E-state index contributed by atoms with van der Waals surface area (Å²) in [5, 5.41) is 19.8. The molecule has 0 bridgehead atoms. The van der Waals surface area contributed by atoms with E-state index >= 15 is 0 Å². The van der Waals surface area contributed by atoms with Crippen LogP contribution in [0.25, 0.3) is 0 Å². The first-order valence-corrected chi connectivity index (χ1v) is 5.99. The molecule has 21 heavy (non-hydrogen) atoms. The summed E-state index contributed by atoms with van der Waals surface area (Å²) in [6, 6.07) is 6.76. The smallest absolute Gasteiger partial charge is 0.349 e. The summed E-state index contributed by atoms with van der Waals surface area (Å²) in [6.07, 6.45) is 1.53. The largest absolute Gasteiger partial charge is 0.434 e. The third-order valence-electron chi connectivity index (χ3n) is 2.60. The fourth-order valence-corrected chi connectivity index (χ4v) is 1.59. The van der Waals surface area contributed by atoms with Crippen LogP contribution in [0.2, 0.25) is 0 Å². The maximum absolute atomic E-state index is 10.9. The molecule has 1 heterocycles. The highest BCUT2D eigenvalue weighted by Gasteiger charge is 2.19. The van der Waals surface area contributed by atoms with E-state index in [1.165, 1.54) is 0 Å². The van der Waals surface area contributed by atoms with Gasteiger partial charge in [0.05, 0.1) is 4.92 Å². The molecule has 0 aliphatic carbocycles. The molecule has 0 aliphatic rings. The Hall–Kier alpha value is -2.78. The lowest BCUT2D eigenvalue weighted by atomic mass is 10.1. The van der Waals surface area contributed by atoms with E-state index in [0.717, 1.165) is 11.8 Å². The first-order chi connectivity index (χ1) is 10.1. The summed E-state index contributed by atoms with van der Waals surface area (Å²) >= 11 is 0. The van der Waals surface area contributed by atoms with Gasteiger partial charge in [0.1, 0.15) is 11.9 Å². The Morgan fingerprint density at radius 2 is 2.10 bits per heavy atom. The normalized spacial score (nSPS) is 10.2. The summed E-state index contributed by atoms with van der Waals surface area (Å²) in [5.74, 6) is 5.34. The van der Waals surface area contributed by atoms with Gasteiger partial charge < -0.3 is 9.84 Å². The average Bonchev–Trinajstić information content (AvgIpc) is 2.49. The maximum Gasteiger partial charge on any atom is 0.349 e. The van der Waals surface area contributed by atoms with E-state index in [1.54, 1.807) is 24.3 Å². The van der Waals surface area contributed by atoms with Gasteiger partial charge in [-0.2, -0.15) is 4.98 Å². The molecule has 0 saturated carbocycles. The van der Waals surface area contributed by atoms with E-state index in [2.05, 4.69) is 15.4 Å². The van der Waals surface area contributed by atoms with Gasteiger partial charge in [0.2, 0.25) is 5.95 Å². The highest BCUT2D eigenvalue weighted by molar-refractivity contribution is 5.45. The van der Waals surface area contributed by atoms with Crippen molar-refractivity contribution < 1.29 is 14.8 Å². The van der Waals surface area contributed by atoms with Crippen molar-refractivity contribution in [1.29, 1.82) is 0 Å². The van der Waals surface area contributed by atoms with Gasteiger partial charge in [-0.1, -0.05) is 12.1 Å². The van der Waals surface area contributed by atoms with Crippen molar-refractivity contribution in [3.63, 3.8) is 0 Å². The zero-order valence-corrected chi connectivity index (χ0v) is 10.9. The van der Waals surface area contributed by atoms with Crippen LogP contribution in [-0.2, 0) is 6.42 Å². The number of aliphatic hydroxyl groups excluding tert-OH is 1. The third-order valence-corrected chi connectivity index (χ3v) is 2.60. The molecule has 0 saturated heterocycles. The third kappa shape index (κ3) is 3.61. The molecular weight excluding hydrogens is 278 g/mol. The second kappa shape index (κ2) is 6.59. The van der Waals surface area contributed by atoms with Crippen LogP contribution in [0.15, 0.2) is 30.5 Å². The maximum atomic E-state index is 10.9. The summed E-state index contributed by atoms with van der Waals surface area (Å²) < 4.78 is 5.40. The highest BCUT2D eigenvalue weighted by Crippen LogP contribution is 2.29. The van der Waals surface area contributed by atoms with Crippen LogP contribution in [0, 0.1) is 10.1 Å². The predicted molar refractivity (Wildman–Crippen MR) is 73.8 cm³/mol. The quantitative estimate of drug-likeness (QED) is 0.407. The molecule has 9 heteroatoms. The molecule has 0 fully saturated rings. The molecule has 0 atom stereocenters. The molecule has 2 aromatic rings. The zero-order chi connectivity index (χ0) is 15.2. The van der Waals surface area contributed by atoms with Crippen molar-refractivity contribution in [3.05, 3.63) is 46.1 Å². The van der Waals surface area contributed by atoms with Crippen molar-refractivity contribution in [1.82, 2.24) is 9.97 Å². The van der Waals surface area contributed by atoms with Gasteiger partial charge in [0.25, 0.3) is 0 Å². The monoisotopic (exact) mass is 291 g/mol. The number of nitrogens with one attached hydrogen (secondary N) is 1. The Labute approximate surface area is 119 Å². The lowest BCUT2D eigenvalue weighted by Crippen LogP contribution is -2.11. The van der Waals surface area contributed by atoms with E-state index in [4.69, 9.17) is 15.7 Å². The second-order valence-electron chi connectivity index (χ2n) is 4.01. The number of nitrogens with zero attached hydrogens (tertiary/aromatic N) is 3. The molecule has 0 unspecified atom stereocenters. The Balaban J connectivity index is 2.26. The lowest BCUT2D eigenvalue weighted by Gasteiger charge is -2.07. The van der Waals surface area contributed by atoms with Gasteiger partial charge in [0, 0.05) is 6.61 Å². The summed E-state index contributed by atoms with van der Waals surface area (Å²) in [6.45, 7) is 0.0448. The minimum atomic E-state index is -0.643. The molecule has 2 rings (SSSR count).